The maximum Gasteiger partial charge on any atom is 0.255 e. The van der Waals surface area contributed by atoms with E-state index in [4.69, 9.17) is 0 Å². The first-order valence-electron chi connectivity index (χ1n) is 13.8. The van der Waals surface area contributed by atoms with Gasteiger partial charge in [-0.2, -0.15) is 0 Å². The van der Waals surface area contributed by atoms with Gasteiger partial charge in [-0.05, 0) is 79.4 Å². The van der Waals surface area contributed by atoms with Gasteiger partial charge in [0, 0.05) is 54.5 Å². The van der Waals surface area contributed by atoms with Crippen molar-refractivity contribution in [2.24, 2.45) is 0 Å². The van der Waals surface area contributed by atoms with Crippen molar-refractivity contribution in [3.05, 3.63) is 83.0 Å². The van der Waals surface area contributed by atoms with Crippen LogP contribution in [0.3, 0.4) is 0 Å². The number of benzene rings is 2. The van der Waals surface area contributed by atoms with Gasteiger partial charge in [-0.3, -0.25) is 24.7 Å². The molecule has 3 aromatic rings. The molecule has 4 aliphatic rings. The van der Waals surface area contributed by atoms with Crippen LogP contribution in [-0.2, 0) is 28.1 Å². The van der Waals surface area contributed by atoms with Gasteiger partial charge in [0.05, 0.1) is 5.69 Å². The molecule has 1 aromatic heterocycles. The number of rotatable bonds is 4. The summed E-state index contributed by atoms with van der Waals surface area (Å²) in [5.74, 6) is -0.832. The molecule has 0 bridgehead atoms. The Labute approximate surface area is 227 Å². The lowest BCUT2D eigenvalue weighted by atomic mass is 9.75. The lowest BCUT2D eigenvalue weighted by Gasteiger charge is -2.35. The number of aromatic nitrogens is 1. The van der Waals surface area contributed by atoms with Gasteiger partial charge in [-0.15, -0.1) is 0 Å². The zero-order chi connectivity index (χ0) is 26.6. The molecule has 1 unspecified atom stereocenters. The number of amides is 3. The smallest absolute Gasteiger partial charge is 0.255 e. The summed E-state index contributed by atoms with van der Waals surface area (Å²) in [6.45, 7) is 4.32. The third-order valence-electron chi connectivity index (χ3n) is 8.89. The average molecular weight is 522 g/mol. The number of hydrogen-bond donors (Lipinski definition) is 2. The highest BCUT2D eigenvalue weighted by Crippen LogP contribution is 2.46. The van der Waals surface area contributed by atoms with Crippen molar-refractivity contribution in [1.82, 2.24) is 20.5 Å². The van der Waals surface area contributed by atoms with Crippen LogP contribution in [-0.4, -0.2) is 53.3 Å². The van der Waals surface area contributed by atoms with Crippen LogP contribution in [0.5, 0.6) is 0 Å². The van der Waals surface area contributed by atoms with Crippen LogP contribution < -0.4 is 15.5 Å². The van der Waals surface area contributed by atoms with Crippen LogP contribution in [0.25, 0.3) is 11.3 Å². The zero-order valence-corrected chi connectivity index (χ0v) is 21.8. The summed E-state index contributed by atoms with van der Waals surface area (Å²) in [6.07, 6.45) is 4.79. The van der Waals surface area contributed by atoms with Gasteiger partial charge in [0.2, 0.25) is 11.8 Å². The van der Waals surface area contributed by atoms with E-state index in [-0.39, 0.29) is 23.7 Å². The van der Waals surface area contributed by atoms with Gasteiger partial charge < -0.3 is 15.1 Å². The molecule has 8 heteroatoms. The van der Waals surface area contributed by atoms with Crippen molar-refractivity contribution in [2.75, 3.05) is 24.5 Å². The number of nitrogens with zero attached hydrogens (tertiary/aromatic N) is 3. The second-order valence-electron chi connectivity index (χ2n) is 11.2. The summed E-state index contributed by atoms with van der Waals surface area (Å²) in [4.78, 5) is 45.8. The summed E-state index contributed by atoms with van der Waals surface area (Å²) >= 11 is 0. The van der Waals surface area contributed by atoms with E-state index in [9.17, 15) is 14.4 Å². The highest BCUT2D eigenvalue weighted by Gasteiger charge is 2.43. The van der Waals surface area contributed by atoms with Crippen LogP contribution in [0.15, 0.2) is 60.8 Å². The highest BCUT2D eigenvalue weighted by atomic mass is 16.2. The number of para-hydroxylation sites is 1. The van der Waals surface area contributed by atoms with E-state index < -0.39 is 11.9 Å². The molecule has 1 spiro atoms. The minimum absolute atomic E-state index is 0.160. The lowest BCUT2D eigenvalue weighted by molar-refractivity contribution is -0.136. The number of piperidine rings is 2. The first-order valence-corrected chi connectivity index (χ1v) is 13.8. The number of anilines is 1. The molecule has 2 fully saturated rings. The van der Waals surface area contributed by atoms with E-state index in [1.807, 2.05) is 24.4 Å². The lowest BCUT2D eigenvalue weighted by Crippen LogP contribution is -2.52. The van der Waals surface area contributed by atoms with Crippen LogP contribution in [0.2, 0.25) is 0 Å². The maximum absolute atomic E-state index is 13.1. The Kier molecular flexibility index (Phi) is 5.74. The Hall–Kier alpha value is -4.04. The van der Waals surface area contributed by atoms with E-state index in [1.165, 1.54) is 16.8 Å². The molecule has 0 radical (unpaired) electrons. The second kappa shape index (κ2) is 9.31. The first-order chi connectivity index (χ1) is 19.0. The van der Waals surface area contributed by atoms with Crippen LogP contribution in [0.4, 0.5) is 5.69 Å². The van der Waals surface area contributed by atoms with Crippen LogP contribution in [0, 0.1) is 0 Å². The molecule has 198 valence electrons. The number of hydrogen-bond acceptors (Lipinski definition) is 6. The quantitative estimate of drug-likeness (QED) is 0.513. The molecule has 2 aromatic carbocycles. The number of nitrogens with one attached hydrogen (secondary N) is 2. The van der Waals surface area contributed by atoms with Crippen molar-refractivity contribution in [3.63, 3.8) is 0 Å². The molecule has 5 heterocycles. The summed E-state index contributed by atoms with van der Waals surface area (Å²) in [5.41, 5.74) is 7.54. The summed E-state index contributed by atoms with van der Waals surface area (Å²) < 4.78 is 0. The fourth-order valence-corrected chi connectivity index (χ4v) is 6.89. The monoisotopic (exact) mass is 521 g/mol. The summed E-state index contributed by atoms with van der Waals surface area (Å²) in [7, 11) is 0. The average Bonchev–Trinajstić information content (AvgIpc) is 3.43. The van der Waals surface area contributed by atoms with Crippen molar-refractivity contribution in [1.29, 1.82) is 0 Å². The van der Waals surface area contributed by atoms with Crippen molar-refractivity contribution < 1.29 is 14.4 Å². The SMILES string of the molecule is O=C1CCC(N2Cc3cc(-c4cc(CN5CC6(CCNCC6)c6ccccc65)ccn4)ccc3C2=O)C(=O)N1. The molecular weight excluding hydrogens is 490 g/mol. The Morgan fingerprint density at radius 2 is 1.85 bits per heavy atom. The predicted molar refractivity (Wildman–Crippen MR) is 147 cm³/mol. The number of imide groups is 1. The largest absolute Gasteiger partial charge is 0.366 e. The van der Waals surface area contributed by atoms with Gasteiger partial charge in [-0.25, -0.2) is 0 Å². The van der Waals surface area contributed by atoms with E-state index in [2.05, 4.69) is 56.9 Å². The molecule has 0 aliphatic carbocycles. The molecule has 2 N–H and O–H groups in total. The molecular formula is C31H31N5O3. The third kappa shape index (κ3) is 4.10. The Balaban J connectivity index is 1.12. The number of carbonyl (C=O) groups excluding carboxylic acids is 3. The standard InChI is InChI=1S/C31H31N5O3/c37-28-8-7-27(29(38)34-28)36-18-22-16-21(5-6-23(22)30(36)39)25-15-20(9-12-33-25)17-35-19-31(10-13-32-14-11-31)24-3-1-2-4-26(24)35/h1-6,9,12,15-16,27,32H,7-8,10-11,13-14,17-19H2,(H,34,37,38). The van der Waals surface area contributed by atoms with Gasteiger partial charge >= 0.3 is 0 Å². The zero-order valence-electron chi connectivity index (χ0n) is 21.8. The van der Waals surface area contributed by atoms with Gasteiger partial charge in [0.15, 0.2) is 0 Å². The van der Waals surface area contributed by atoms with E-state index in [0.717, 1.165) is 55.8 Å². The molecule has 0 saturated carbocycles. The van der Waals surface area contributed by atoms with Gasteiger partial charge in [0.25, 0.3) is 5.91 Å². The Morgan fingerprint density at radius 3 is 2.69 bits per heavy atom. The fourth-order valence-electron chi connectivity index (χ4n) is 6.89. The third-order valence-corrected chi connectivity index (χ3v) is 8.89. The minimum atomic E-state index is -0.612. The van der Waals surface area contributed by atoms with Gasteiger partial charge in [-0.1, -0.05) is 24.3 Å². The van der Waals surface area contributed by atoms with Crippen LogP contribution in [0.1, 0.15) is 52.7 Å². The van der Waals surface area contributed by atoms with E-state index in [1.54, 1.807) is 4.90 Å². The fraction of sp³-hybridized carbons (Fsp3) is 0.355. The topological polar surface area (TPSA) is 94.6 Å². The maximum atomic E-state index is 13.1. The normalized spacial score (nSPS) is 21.7. The van der Waals surface area contributed by atoms with Crippen LogP contribution >= 0.6 is 0 Å². The van der Waals surface area contributed by atoms with Gasteiger partial charge in [0.1, 0.15) is 6.04 Å². The number of fused-ring (bicyclic) bond motifs is 3. The summed E-state index contributed by atoms with van der Waals surface area (Å²) in [5, 5.41) is 5.88. The highest BCUT2D eigenvalue weighted by molar-refractivity contribution is 6.05. The first kappa shape index (κ1) is 24.0. The van der Waals surface area contributed by atoms with Crippen molar-refractivity contribution in [3.8, 4) is 11.3 Å². The Morgan fingerprint density at radius 1 is 1.00 bits per heavy atom. The molecule has 2 saturated heterocycles. The summed E-state index contributed by atoms with van der Waals surface area (Å²) in [6, 6.07) is 18.3. The predicted octanol–water partition coefficient (Wildman–Crippen LogP) is 3.15. The van der Waals surface area contributed by atoms with E-state index in [0.29, 0.717) is 18.5 Å². The molecule has 4 aliphatic heterocycles. The molecule has 7 rings (SSSR count). The second-order valence-corrected chi connectivity index (χ2v) is 11.2. The van der Waals surface area contributed by atoms with Crippen molar-refractivity contribution in [2.45, 2.75) is 50.2 Å². The molecule has 1 atom stereocenters. The molecule has 3 amide bonds. The molecule has 39 heavy (non-hydrogen) atoms. The minimum Gasteiger partial charge on any atom is -0.366 e. The number of carbonyl (C=O) groups is 3. The Bertz CT molecular complexity index is 1500. The number of pyridine rings is 1. The van der Waals surface area contributed by atoms with E-state index >= 15 is 0 Å². The van der Waals surface area contributed by atoms with Crippen molar-refractivity contribution >= 4 is 23.4 Å². The molecule has 8 nitrogen and oxygen atoms in total.